The van der Waals surface area contributed by atoms with Gasteiger partial charge in [-0.05, 0) is 31.3 Å². The van der Waals surface area contributed by atoms with Gasteiger partial charge < -0.3 is 20.6 Å². The molecule has 0 aliphatic rings. The first-order valence-electron chi connectivity index (χ1n) is 7.80. The summed E-state index contributed by atoms with van der Waals surface area (Å²) < 4.78 is 0. The van der Waals surface area contributed by atoms with E-state index in [4.69, 9.17) is 23.2 Å². The first kappa shape index (κ1) is 20.7. The monoisotopic (exact) mass is 375 g/mol. The zero-order valence-electron chi connectivity index (χ0n) is 13.8. The first-order valence-corrected chi connectivity index (χ1v) is 8.56. The lowest BCUT2D eigenvalue weighted by atomic mass is 10.2. The highest BCUT2D eigenvalue weighted by molar-refractivity contribution is 6.42. The lowest BCUT2D eigenvalue weighted by Gasteiger charge is -2.20. The van der Waals surface area contributed by atoms with Crippen LogP contribution in [0.15, 0.2) is 18.2 Å². The molecule has 1 aromatic carbocycles. The number of benzene rings is 1. The van der Waals surface area contributed by atoms with Gasteiger partial charge in [0.25, 0.3) is 0 Å². The number of carboxylic acid groups (broad SMARTS) is 1. The Morgan fingerprint density at radius 2 is 1.88 bits per heavy atom. The first-order chi connectivity index (χ1) is 11.4. The number of hydrogen-bond donors (Lipinski definition) is 3. The lowest BCUT2D eigenvalue weighted by Crippen LogP contribution is -2.43. The number of anilines is 1. The zero-order valence-corrected chi connectivity index (χ0v) is 15.3. The summed E-state index contributed by atoms with van der Waals surface area (Å²) >= 11 is 11.7. The van der Waals surface area contributed by atoms with Gasteiger partial charge in [-0.1, -0.05) is 37.0 Å². The average Bonchev–Trinajstić information content (AvgIpc) is 2.53. The minimum absolute atomic E-state index is 0.173. The molecule has 1 atom stereocenters. The minimum atomic E-state index is -1.06. The van der Waals surface area contributed by atoms with Crippen molar-refractivity contribution in [2.24, 2.45) is 0 Å². The van der Waals surface area contributed by atoms with Crippen LogP contribution in [0.3, 0.4) is 0 Å². The molecule has 0 aliphatic heterocycles. The number of rotatable bonds is 10. The molecule has 1 rings (SSSR count). The van der Waals surface area contributed by atoms with E-state index in [0.29, 0.717) is 22.3 Å². The van der Waals surface area contributed by atoms with Crippen LogP contribution in [-0.4, -0.2) is 54.1 Å². The highest BCUT2D eigenvalue weighted by Gasteiger charge is 2.21. The number of carbonyl (C=O) groups excluding carboxylic acids is 1. The van der Waals surface area contributed by atoms with Crippen LogP contribution < -0.4 is 10.6 Å². The van der Waals surface area contributed by atoms with Gasteiger partial charge in [0.05, 0.1) is 16.5 Å². The summed E-state index contributed by atoms with van der Waals surface area (Å²) in [5.41, 5.74) is 0.474. The molecule has 1 amide bonds. The highest BCUT2D eigenvalue weighted by Crippen LogP contribution is 2.25. The zero-order chi connectivity index (χ0) is 18.1. The fourth-order valence-electron chi connectivity index (χ4n) is 2.15. The molecule has 134 valence electrons. The third-order valence-corrected chi connectivity index (χ3v) is 4.34. The van der Waals surface area contributed by atoms with Crippen LogP contribution in [0.4, 0.5) is 5.69 Å². The molecule has 0 saturated carbocycles. The number of nitrogens with zero attached hydrogens (tertiary/aromatic N) is 1. The Balaban J connectivity index is 2.53. The molecule has 0 heterocycles. The summed E-state index contributed by atoms with van der Waals surface area (Å²) in [7, 11) is 0. The topological polar surface area (TPSA) is 81.7 Å². The molecule has 0 radical (unpaired) electrons. The maximum absolute atomic E-state index is 12.0. The van der Waals surface area contributed by atoms with Crippen LogP contribution in [0.1, 0.15) is 20.3 Å². The Bertz CT molecular complexity index is 565. The van der Waals surface area contributed by atoms with E-state index in [9.17, 15) is 14.7 Å². The summed E-state index contributed by atoms with van der Waals surface area (Å²) in [6, 6.07) is 3.75. The van der Waals surface area contributed by atoms with Crippen LogP contribution >= 0.6 is 23.2 Å². The van der Waals surface area contributed by atoms with Crippen molar-refractivity contribution in [2.45, 2.75) is 26.3 Å². The molecular weight excluding hydrogens is 353 g/mol. The molecule has 0 bridgehead atoms. The van der Waals surface area contributed by atoms with Crippen molar-refractivity contribution in [3.8, 4) is 0 Å². The summed E-state index contributed by atoms with van der Waals surface area (Å²) in [5.74, 6) is -1.46. The van der Waals surface area contributed by atoms with Gasteiger partial charge in [0.15, 0.2) is 0 Å². The van der Waals surface area contributed by atoms with Crippen molar-refractivity contribution < 1.29 is 14.7 Å². The molecule has 1 aromatic rings. The molecule has 3 N–H and O–H groups in total. The van der Waals surface area contributed by atoms with E-state index >= 15 is 0 Å². The maximum atomic E-state index is 12.0. The maximum Gasteiger partial charge on any atom is 0.321 e. The molecule has 8 heteroatoms. The molecule has 0 saturated heterocycles. The molecular formula is C16H23Cl2N3O3. The summed E-state index contributed by atoms with van der Waals surface area (Å²) in [6.45, 7) is 7.11. The molecule has 0 aromatic heterocycles. The Morgan fingerprint density at radius 3 is 2.42 bits per heavy atom. The summed E-state index contributed by atoms with van der Waals surface area (Å²) in [6.07, 6.45) is -0.173. The second kappa shape index (κ2) is 10.5. The standard InChI is InChI=1S/C16H23Cl2N3O3/c1-3-21(4-2)8-7-19-14(16(23)24)10-15(22)20-11-5-6-12(17)13(18)9-11/h5-6,9,14,19H,3-4,7-8,10H2,1-2H3,(H,20,22)(H,23,24). The van der Waals surface area contributed by atoms with E-state index < -0.39 is 17.9 Å². The van der Waals surface area contributed by atoms with Crippen molar-refractivity contribution in [2.75, 3.05) is 31.5 Å². The number of aliphatic carboxylic acids is 1. The third kappa shape index (κ3) is 7.05. The van der Waals surface area contributed by atoms with Crippen LogP contribution in [0.25, 0.3) is 0 Å². The minimum Gasteiger partial charge on any atom is -0.480 e. The molecule has 0 fully saturated rings. The number of nitrogens with one attached hydrogen (secondary N) is 2. The Kier molecular flexibility index (Phi) is 9.07. The number of amides is 1. The fourth-order valence-corrected chi connectivity index (χ4v) is 2.45. The third-order valence-electron chi connectivity index (χ3n) is 3.60. The van der Waals surface area contributed by atoms with Gasteiger partial charge in [-0.2, -0.15) is 0 Å². The van der Waals surface area contributed by atoms with E-state index in [1.165, 1.54) is 6.07 Å². The normalized spacial score (nSPS) is 12.2. The number of carboxylic acids is 1. The van der Waals surface area contributed by atoms with Gasteiger partial charge in [0, 0.05) is 18.8 Å². The van der Waals surface area contributed by atoms with Crippen molar-refractivity contribution in [3.05, 3.63) is 28.2 Å². The van der Waals surface area contributed by atoms with Crippen molar-refractivity contribution in [3.63, 3.8) is 0 Å². The van der Waals surface area contributed by atoms with Crippen LogP contribution in [0.2, 0.25) is 10.0 Å². The summed E-state index contributed by atoms with van der Waals surface area (Å²) in [4.78, 5) is 25.5. The second-order valence-electron chi connectivity index (χ2n) is 5.25. The van der Waals surface area contributed by atoms with E-state index in [2.05, 4.69) is 15.5 Å². The largest absolute Gasteiger partial charge is 0.480 e. The Morgan fingerprint density at radius 1 is 1.21 bits per heavy atom. The van der Waals surface area contributed by atoms with Crippen LogP contribution in [0, 0.1) is 0 Å². The Hall–Kier alpha value is -1.34. The predicted octanol–water partition coefficient (Wildman–Crippen LogP) is 2.71. The van der Waals surface area contributed by atoms with E-state index in [1.807, 2.05) is 13.8 Å². The summed E-state index contributed by atoms with van der Waals surface area (Å²) in [5, 5.41) is 15.5. The molecule has 24 heavy (non-hydrogen) atoms. The predicted molar refractivity (Wildman–Crippen MR) is 96.9 cm³/mol. The molecule has 0 aliphatic carbocycles. The van der Waals surface area contributed by atoms with Crippen LogP contribution in [-0.2, 0) is 9.59 Å². The van der Waals surface area contributed by atoms with E-state index in [0.717, 1.165) is 19.6 Å². The van der Waals surface area contributed by atoms with Crippen LogP contribution in [0.5, 0.6) is 0 Å². The van der Waals surface area contributed by atoms with Gasteiger partial charge in [-0.15, -0.1) is 0 Å². The van der Waals surface area contributed by atoms with Gasteiger partial charge in [0.2, 0.25) is 5.91 Å². The van der Waals surface area contributed by atoms with E-state index in [-0.39, 0.29) is 6.42 Å². The van der Waals surface area contributed by atoms with Gasteiger partial charge in [0.1, 0.15) is 6.04 Å². The quantitative estimate of drug-likeness (QED) is 0.585. The SMILES string of the molecule is CCN(CC)CCNC(CC(=O)Nc1ccc(Cl)c(Cl)c1)C(=O)O. The van der Waals surface area contributed by atoms with Crippen molar-refractivity contribution in [1.29, 1.82) is 0 Å². The number of hydrogen-bond acceptors (Lipinski definition) is 4. The number of likely N-dealkylation sites (N-methyl/N-ethyl adjacent to an activating group) is 1. The van der Waals surface area contributed by atoms with Crippen molar-refractivity contribution >= 4 is 40.8 Å². The highest BCUT2D eigenvalue weighted by atomic mass is 35.5. The second-order valence-corrected chi connectivity index (χ2v) is 6.07. The van der Waals surface area contributed by atoms with Gasteiger partial charge in [-0.3, -0.25) is 9.59 Å². The molecule has 0 spiro atoms. The fraction of sp³-hybridized carbons (Fsp3) is 0.500. The average molecular weight is 376 g/mol. The number of carbonyl (C=O) groups is 2. The molecule has 6 nitrogen and oxygen atoms in total. The van der Waals surface area contributed by atoms with Gasteiger partial charge in [-0.25, -0.2) is 0 Å². The molecule has 1 unspecified atom stereocenters. The number of halogens is 2. The van der Waals surface area contributed by atoms with E-state index in [1.54, 1.807) is 12.1 Å². The smallest absolute Gasteiger partial charge is 0.321 e. The van der Waals surface area contributed by atoms with Gasteiger partial charge >= 0.3 is 5.97 Å². The van der Waals surface area contributed by atoms with Crippen molar-refractivity contribution in [1.82, 2.24) is 10.2 Å². The Labute approximate surface area is 152 Å². The lowest BCUT2D eigenvalue weighted by molar-refractivity contribution is -0.141.